The highest BCUT2D eigenvalue weighted by Crippen LogP contribution is 2.38. The zero-order valence-electron chi connectivity index (χ0n) is 11.5. The molecule has 1 aliphatic rings. The van der Waals surface area contributed by atoms with Crippen LogP contribution < -0.4 is 5.32 Å². The van der Waals surface area contributed by atoms with Gasteiger partial charge in [-0.3, -0.25) is 10.1 Å². The Morgan fingerprint density at radius 2 is 1.90 bits per heavy atom. The number of benzene rings is 2. The van der Waals surface area contributed by atoms with Crippen LogP contribution >= 0.6 is 0 Å². The summed E-state index contributed by atoms with van der Waals surface area (Å²) in [7, 11) is 0. The zero-order chi connectivity index (χ0) is 14.3. The number of nitro groups is 1. The molecule has 1 heterocycles. The van der Waals surface area contributed by atoms with Crippen LogP contribution in [-0.4, -0.2) is 11.5 Å². The number of non-ortho nitro benzene ring substituents is 1. The van der Waals surface area contributed by atoms with E-state index in [-0.39, 0.29) is 16.0 Å². The summed E-state index contributed by atoms with van der Waals surface area (Å²) in [6.07, 6.45) is 0. The average molecular weight is 268 g/mol. The van der Waals surface area contributed by atoms with Gasteiger partial charge >= 0.3 is 0 Å². The summed E-state index contributed by atoms with van der Waals surface area (Å²) in [4.78, 5) is 10.5. The second-order valence-corrected chi connectivity index (χ2v) is 5.81. The molecule has 0 aliphatic carbocycles. The Kier molecular flexibility index (Phi) is 2.74. The molecule has 0 spiro atoms. The van der Waals surface area contributed by atoms with Crippen molar-refractivity contribution < 1.29 is 4.92 Å². The van der Waals surface area contributed by atoms with Crippen LogP contribution in [0.5, 0.6) is 0 Å². The third kappa shape index (κ3) is 2.03. The molecule has 2 aromatic carbocycles. The first-order valence-electron chi connectivity index (χ1n) is 6.61. The Bertz CT molecular complexity index is 693. The zero-order valence-corrected chi connectivity index (χ0v) is 11.5. The first-order chi connectivity index (χ1) is 9.47. The molecule has 4 nitrogen and oxygen atoms in total. The number of hydrogen-bond donors (Lipinski definition) is 1. The summed E-state index contributed by atoms with van der Waals surface area (Å²) in [5.41, 5.74) is 4.53. The van der Waals surface area contributed by atoms with Gasteiger partial charge in [-0.2, -0.15) is 0 Å². The van der Waals surface area contributed by atoms with E-state index >= 15 is 0 Å². The van der Waals surface area contributed by atoms with Crippen molar-refractivity contribution in [3.8, 4) is 11.1 Å². The molecule has 0 saturated heterocycles. The monoisotopic (exact) mass is 268 g/mol. The normalized spacial score (nSPS) is 15.5. The summed E-state index contributed by atoms with van der Waals surface area (Å²) >= 11 is 0. The third-order valence-electron chi connectivity index (χ3n) is 3.86. The highest BCUT2D eigenvalue weighted by atomic mass is 16.6. The van der Waals surface area contributed by atoms with Crippen molar-refractivity contribution in [1.82, 2.24) is 0 Å². The Hall–Kier alpha value is -2.36. The minimum Gasteiger partial charge on any atom is -0.384 e. The molecule has 0 amide bonds. The molecule has 0 fully saturated rings. The maximum absolute atomic E-state index is 10.9. The summed E-state index contributed by atoms with van der Waals surface area (Å²) in [5, 5.41) is 14.3. The SMILES string of the molecule is CC1(C)CNc2ccc(-c3cccc([N+](=O)[O-])c3)cc21. The van der Waals surface area contributed by atoms with E-state index in [2.05, 4.69) is 31.3 Å². The molecule has 20 heavy (non-hydrogen) atoms. The van der Waals surface area contributed by atoms with Crippen molar-refractivity contribution in [2.45, 2.75) is 19.3 Å². The Labute approximate surface area is 117 Å². The Balaban J connectivity index is 2.08. The van der Waals surface area contributed by atoms with Crippen molar-refractivity contribution in [2.75, 3.05) is 11.9 Å². The molecule has 1 N–H and O–H groups in total. The van der Waals surface area contributed by atoms with Gasteiger partial charge in [-0.25, -0.2) is 0 Å². The molecule has 102 valence electrons. The van der Waals surface area contributed by atoms with Gasteiger partial charge in [0.1, 0.15) is 0 Å². The second-order valence-electron chi connectivity index (χ2n) is 5.81. The minimum absolute atomic E-state index is 0.0893. The van der Waals surface area contributed by atoms with Crippen molar-refractivity contribution in [3.63, 3.8) is 0 Å². The standard InChI is InChI=1S/C16H16N2O2/c1-16(2)10-17-15-7-6-12(9-14(15)16)11-4-3-5-13(8-11)18(19)20/h3-9,17H,10H2,1-2H3. The maximum atomic E-state index is 10.9. The van der Waals surface area contributed by atoms with Gasteiger partial charge in [-0.15, -0.1) is 0 Å². The molecule has 0 bridgehead atoms. The number of nitrogens with one attached hydrogen (secondary N) is 1. The van der Waals surface area contributed by atoms with Gasteiger partial charge in [0.25, 0.3) is 5.69 Å². The second kappa shape index (κ2) is 4.34. The molecular weight excluding hydrogens is 252 g/mol. The topological polar surface area (TPSA) is 55.2 Å². The van der Waals surface area contributed by atoms with E-state index in [1.807, 2.05) is 12.1 Å². The fraction of sp³-hybridized carbons (Fsp3) is 0.250. The van der Waals surface area contributed by atoms with E-state index in [9.17, 15) is 10.1 Å². The Morgan fingerprint density at radius 3 is 2.65 bits per heavy atom. The highest BCUT2D eigenvalue weighted by Gasteiger charge is 2.29. The van der Waals surface area contributed by atoms with Gasteiger partial charge in [-0.05, 0) is 28.8 Å². The number of rotatable bonds is 2. The van der Waals surface area contributed by atoms with Crippen LogP contribution in [0.3, 0.4) is 0 Å². The molecule has 4 heteroatoms. The van der Waals surface area contributed by atoms with E-state index in [4.69, 9.17) is 0 Å². The predicted molar refractivity (Wildman–Crippen MR) is 80.0 cm³/mol. The van der Waals surface area contributed by atoms with E-state index in [0.29, 0.717) is 0 Å². The van der Waals surface area contributed by atoms with E-state index in [0.717, 1.165) is 23.4 Å². The van der Waals surface area contributed by atoms with Crippen molar-refractivity contribution >= 4 is 11.4 Å². The smallest absolute Gasteiger partial charge is 0.270 e. The van der Waals surface area contributed by atoms with Crippen LogP contribution in [-0.2, 0) is 5.41 Å². The molecule has 3 rings (SSSR count). The molecule has 1 aliphatic heterocycles. The summed E-state index contributed by atoms with van der Waals surface area (Å²) < 4.78 is 0. The lowest BCUT2D eigenvalue weighted by Gasteiger charge is -2.17. The molecule has 0 saturated carbocycles. The largest absolute Gasteiger partial charge is 0.384 e. The number of fused-ring (bicyclic) bond motifs is 1. The Morgan fingerprint density at radius 1 is 1.15 bits per heavy atom. The van der Waals surface area contributed by atoms with Gasteiger partial charge in [0.2, 0.25) is 0 Å². The molecule has 0 atom stereocenters. The lowest BCUT2D eigenvalue weighted by Crippen LogP contribution is -2.18. The fourth-order valence-corrected chi connectivity index (χ4v) is 2.65. The lowest BCUT2D eigenvalue weighted by molar-refractivity contribution is -0.384. The van der Waals surface area contributed by atoms with Crippen LogP contribution in [0, 0.1) is 10.1 Å². The summed E-state index contributed by atoms with van der Waals surface area (Å²) in [6.45, 7) is 5.31. The van der Waals surface area contributed by atoms with Crippen LogP contribution in [0.2, 0.25) is 0 Å². The van der Waals surface area contributed by atoms with E-state index in [1.165, 1.54) is 11.6 Å². The van der Waals surface area contributed by atoms with Gasteiger partial charge < -0.3 is 5.32 Å². The lowest BCUT2D eigenvalue weighted by atomic mass is 9.85. The average Bonchev–Trinajstić information content (AvgIpc) is 2.74. The molecule has 0 radical (unpaired) electrons. The van der Waals surface area contributed by atoms with Gasteiger partial charge in [0, 0.05) is 29.8 Å². The summed E-state index contributed by atoms with van der Waals surface area (Å²) in [6, 6.07) is 13.0. The van der Waals surface area contributed by atoms with Crippen molar-refractivity contribution in [1.29, 1.82) is 0 Å². The molecular formula is C16H16N2O2. The summed E-state index contributed by atoms with van der Waals surface area (Å²) in [5.74, 6) is 0. The van der Waals surface area contributed by atoms with Crippen molar-refractivity contribution in [2.24, 2.45) is 0 Å². The minimum atomic E-state index is -0.359. The van der Waals surface area contributed by atoms with Crippen LogP contribution in [0.4, 0.5) is 11.4 Å². The first-order valence-corrected chi connectivity index (χ1v) is 6.61. The number of nitrogens with zero attached hydrogens (tertiary/aromatic N) is 1. The predicted octanol–water partition coefficient (Wildman–Crippen LogP) is 3.96. The van der Waals surface area contributed by atoms with Gasteiger partial charge in [0.05, 0.1) is 4.92 Å². The third-order valence-corrected chi connectivity index (χ3v) is 3.86. The number of nitro benzene ring substituents is 1. The van der Waals surface area contributed by atoms with E-state index in [1.54, 1.807) is 12.1 Å². The quantitative estimate of drug-likeness (QED) is 0.662. The maximum Gasteiger partial charge on any atom is 0.270 e. The first kappa shape index (κ1) is 12.7. The van der Waals surface area contributed by atoms with Crippen LogP contribution in [0.25, 0.3) is 11.1 Å². The van der Waals surface area contributed by atoms with Crippen LogP contribution in [0.15, 0.2) is 42.5 Å². The molecule has 0 unspecified atom stereocenters. The van der Waals surface area contributed by atoms with Crippen LogP contribution in [0.1, 0.15) is 19.4 Å². The molecule has 2 aromatic rings. The molecule has 0 aromatic heterocycles. The van der Waals surface area contributed by atoms with Crippen molar-refractivity contribution in [3.05, 3.63) is 58.1 Å². The van der Waals surface area contributed by atoms with Gasteiger partial charge in [-0.1, -0.05) is 32.0 Å². The number of anilines is 1. The van der Waals surface area contributed by atoms with Gasteiger partial charge in [0.15, 0.2) is 0 Å². The van der Waals surface area contributed by atoms with E-state index < -0.39 is 0 Å². The number of hydrogen-bond acceptors (Lipinski definition) is 3. The highest BCUT2D eigenvalue weighted by molar-refractivity contribution is 5.72. The fourth-order valence-electron chi connectivity index (χ4n) is 2.65.